The predicted molar refractivity (Wildman–Crippen MR) is 457 cm³/mol. The molecule has 5 heterocycles. The van der Waals surface area contributed by atoms with Crippen LogP contribution in [0, 0.1) is 36.5 Å². The number of aryl methyl sites for hydroxylation is 2. The van der Waals surface area contributed by atoms with Gasteiger partial charge in [0.25, 0.3) is 0 Å². The molecule has 8 aliphatic rings. The summed E-state index contributed by atoms with van der Waals surface area (Å²) in [5, 5.41) is 31.1. The van der Waals surface area contributed by atoms with Gasteiger partial charge in [-0.25, -0.2) is 24.5 Å². The van der Waals surface area contributed by atoms with E-state index < -0.39 is 94.1 Å². The van der Waals surface area contributed by atoms with Crippen LogP contribution in [0.1, 0.15) is 219 Å². The number of nitrogens with two attached hydrogens (primary N) is 1. The van der Waals surface area contributed by atoms with E-state index in [1.54, 1.807) is 43.4 Å². The van der Waals surface area contributed by atoms with Crippen LogP contribution in [-0.4, -0.2) is 184 Å². The fraction of sp³-hybridized carbons (Fsp3) is 0.598. The number of pyridine rings is 2. The van der Waals surface area contributed by atoms with Gasteiger partial charge in [-0.05, 0) is 190 Å². The molecule has 6 aliphatic carbocycles. The maximum Gasteiger partial charge on any atom is 0.408 e. The van der Waals surface area contributed by atoms with Gasteiger partial charge in [0.15, 0.2) is 27.6 Å². The number of ketones is 3. The molecule has 0 spiro atoms. The van der Waals surface area contributed by atoms with Gasteiger partial charge in [-0.15, -0.1) is 24.5 Å². The van der Waals surface area contributed by atoms with Crippen LogP contribution in [-0.2, 0) is 38.2 Å². The lowest BCUT2D eigenvalue weighted by Gasteiger charge is -2.35. The van der Waals surface area contributed by atoms with Gasteiger partial charge in [0.1, 0.15) is 82.5 Å². The topological polar surface area (TPSA) is 354 Å². The molecule has 0 radical (unpaired) electrons. The predicted octanol–water partition coefficient (Wildman–Crippen LogP) is 13.5. The Morgan fingerprint density at radius 3 is 1.43 bits per heavy atom. The highest BCUT2D eigenvalue weighted by atomic mass is 79.9. The number of Topliss-reactive ketones (excluding diaryl/α,β-unsaturated/α-hetero) is 3. The van der Waals surface area contributed by atoms with Crippen LogP contribution in [0.5, 0.6) is 11.5 Å². The highest BCUT2D eigenvalue weighted by Crippen LogP contribution is 2.47. The molecule has 116 heavy (non-hydrogen) atoms. The summed E-state index contributed by atoms with van der Waals surface area (Å²) in [6.07, 6.45) is 18.4. The molecule has 2 saturated heterocycles. The van der Waals surface area contributed by atoms with Crippen LogP contribution in [0.3, 0.4) is 0 Å². The van der Waals surface area contributed by atoms with E-state index in [0.29, 0.717) is 58.1 Å². The second kappa shape index (κ2) is 38.8. The van der Waals surface area contributed by atoms with Crippen molar-refractivity contribution in [3.63, 3.8) is 0 Å². The Balaban J connectivity index is 0.000000213. The molecule has 26 nitrogen and oxygen atoms in total. The number of amides is 6. The van der Waals surface area contributed by atoms with Gasteiger partial charge in [-0.1, -0.05) is 107 Å². The highest BCUT2D eigenvalue weighted by molar-refractivity contribution is 9.09. The van der Waals surface area contributed by atoms with Gasteiger partial charge in [-0.2, -0.15) is 0 Å². The van der Waals surface area contributed by atoms with Crippen LogP contribution >= 0.6 is 39.5 Å². The lowest BCUT2D eigenvalue weighted by Crippen LogP contribution is -2.59. The number of aliphatic hydroxyl groups excluding tert-OH is 1. The van der Waals surface area contributed by atoms with E-state index in [0.717, 1.165) is 97.1 Å². The number of hydrogen-bond donors (Lipinski definition) is 8. The minimum Gasteiger partial charge on any atom is -0.488 e. The number of anilines is 1. The van der Waals surface area contributed by atoms with Crippen molar-refractivity contribution < 1.29 is 67.2 Å². The Hall–Kier alpha value is -8.67. The van der Waals surface area contributed by atoms with Crippen LogP contribution < -0.4 is 47.1 Å². The molecule has 13 rings (SSSR count). The van der Waals surface area contributed by atoms with Crippen molar-refractivity contribution in [1.29, 1.82) is 0 Å². The molecule has 630 valence electrons. The number of hydrogen-bond acceptors (Lipinski definition) is 20. The van der Waals surface area contributed by atoms with Crippen LogP contribution in [0.25, 0.3) is 33.2 Å². The molecule has 10 atom stereocenters. The first-order chi connectivity index (χ1) is 54.9. The number of ether oxygens (including phenoxy) is 4. The van der Waals surface area contributed by atoms with Crippen LogP contribution in [0.15, 0.2) is 79.2 Å². The van der Waals surface area contributed by atoms with E-state index in [4.69, 9.17) is 52.0 Å². The quantitative estimate of drug-likeness (QED) is 0.0123. The molecule has 2 aliphatic heterocycles. The van der Waals surface area contributed by atoms with E-state index >= 15 is 0 Å². The van der Waals surface area contributed by atoms with Gasteiger partial charge >= 0.3 is 12.2 Å². The third kappa shape index (κ3) is 22.8. The standard InChI is InChI=1S/C42H54N6O6S.C36H45BrN4O7.C6H12N2S.C3H8O/c1-7-26-21-42(26,25(3)49)47-37(50)34-19-29(22-48(34)38(51)36(41(4,5)6)46-40(52)54-28-14-10-11-15-28)53-35-20-32(44-31-18-24(2)16-17-30(31)35)33-23-55-39(45-33)43-27-12-8-9-13-27;1-7-22-17-36(22,21(3)42)40-32(44)28-15-24(47-30-16-27(29(43)18-37)38-26-14-20(2)12-13-25(26)30)19-41(28)33(45)31(35(4,5)6)39-34(46)48-23-10-8-9-11-23;7-6(9)8-5-3-1-2-4-5;1-3(2)4/h7,16-18,20,23,26-29,34,36H,1,8-15,19,21-22H2,2-6H3,(H,43,45)(H,46,52)(H,47,50);7,12-14,16,22-24,28,31H,1,8-11,15,17-19H2,2-6H3,(H,39,46)(H,40,44);5H,1-4H2,(H3,7,8,9);3-4H,1-2H3/t26-,29-,34+,36-,42+;22-,24-,28+,31-,36+;;/m11../s1. The largest absolute Gasteiger partial charge is 0.488 e. The molecular formula is C87H119BrN12O14S2. The summed E-state index contributed by atoms with van der Waals surface area (Å²) in [4.78, 5) is 139. The zero-order valence-corrected chi connectivity index (χ0v) is 72.5. The minimum atomic E-state index is -1.07. The number of thiazole rings is 1. The molecule has 8 fully saturated rings. The number of benzene rings is 2. The summed E-state index contributed by atoms with van der Waals surface area (Å²) in [5.74, 6) is -1.80. The van der Waals surface area contributed by atoms with Gasteiger partial charge in [-0.3, -0.25) is 33.6 Å². The van der Waals surface area contributed by atoms with Crippen LogP contribution in [0.2, 0.25) is 0 Å². The van der Waals surface area contributed by atoms with E-state index in [-0.39, 0.29) is 84.5 Å². The van der Waals surface area contributed by atoms with Gasteiger partial charge in [0.2, 0.25) is 23.6 Å². The average molecular weight is 1700 g/mol. The molecule has 2 aromatic carbocycles. The Morgan fingerprint density at radius 1 is 0.621 bits per heavy atom. The maximum absolute atomic E-state index is 14.6. The maximum atomic E-state index is 14.6. The van der Waals surface area contributed by atoms with E-state index in [9.17, 15) is 43.2 Å². The third-order valence-corrected chi connectivity index (χ3v) is 24.5. The lowest BCUT2D eigenvalue weighted by molar-refractivity contribution is -0.143. The van der Waals surface area contributed by atoms with E-state index in [2.05, 4.69) is 66.0 Å². The second-order valence-corrected chi connectivity index (χ2v) is 36.8. The Kier molecular flexibility index (Phi) is 30.0. The van der Waals surface area contributed by atoms with Gasteiger partial charge in [0.05, 0.1) is 35.1 Å². The normalized spacial score (nSPS) is 23.8. The highest BCUT2D eigenvalue weighted by Gasteiger charge is 2.61. The first-order valence-electron chi connectivity index (χ1n) is 41.1. The van der Waals surface area contributed by atoms with Gasteiger partial charge < -0.3 is 71.5 Å². The van der Waals surface area contributed by atoms with Crippen molar-refractivity contribution in [2.75, 3.05) is 23.7 Å². The van der Waals surface area contributed by atoms with E-state index in [1.165, 1.54) is 62.2 Å². The molecule has 29 heteroatoms. The van der Waals surface area contributed by atoms with Crippen LogP contribution in [0.4, 0.5) is 14.7 Å². The number of alkyl halides is 1. The Morgan fingerprint density at radius 2 is 1.03 bits per heavy atom. The summed E-state index contributed by atoms with van der Waals surface area (Å²) in [7, 11) is 0. The summed E-state index contributed by atoms with van der Waals surface area (Å²) in [5.41, 5.74) is 6.69. The molecule has 0 unspecified atom stereocenters. The Bertz CT molecular complexity index is 4440. The first-order valence-corrected chi connectivity index (χ1v) is 43.5. The zero-order valence-electron chi connectivity index (χ0n) is 69.3. The van der Waals surface area contributed by atoms with Gasteiger partial charge in [0, 0.05) is 71.2 Å². The average Bonchev–Trinajstić information content (AvgIpc) is 1.58. The van der Waals surface area contributed by atoms with Crippen molar-refractivity contribution in [3.8, 4) is 22.9 Å². The molecule has 9 N–H and O–H groups in total. The molecule has 3 aromatic heterocycles. The SMILES string of the molecule is C=C[C@@H]1C[C@]1(NC(=O)[C@@H]1C[C@@H](Oc2cc(-c3csc(NC4CCCC4)n3)nc3cc(C)ccc23)CN1C(=O)[C@@H](NC(=O)OC1CCCC1)C(C)(C)C)C(C)=O.C=C[C@@H]1C[C@]1(NC(=O)[C@@H]1C[C@@H](Oc2cc(C(=O)CBr)nc3cc(C)ccc23)CN1C(=O)[C@@H](NC(=O)OC1CCCC1)C(C)(C)C)C(C)=O.CC(C)O.NC(=S)NC1CCCC1. The number of nitrogens with one attached hydrogen (secondary N) is 6. The Labute approximate surface area is 699 Å². The second-order valence-electron chi connectivity index (χ2n) is 35.0. The third-order valence-electron chi connectivity index (χ3n) is 23.1. The summed E-state index contributed by atoms with van der Waals surface area (Å²) < 4.78 is 24.6. The number of carbonyl (C=O) groups is 9. The molecule has 6 amide bonds. The number of fused-ring (bicyclic) bond motifs is 2. The van der Waals surface area contributed by atoms with Crippen molar-refractivity contribution >= 4 is 125 Å². The monoisotopic (exact) mass is 1700 g/mol. The molecule has 6 saturated carbocycles. The number of aliphatic hydroxyl groups is 1. The van der Waals surface area contributed by atoms with Crippen molar-refractivity contribution in [3.05, 3.63) is 96.0 Å². The van der Waals surface area contributed by atoms with Crippen molar-refractivity contribution in [2.24, 2.45) is 28.4 Å². The molecule has 5 aromatic rings. The fourth-order valence-electron chi connectivity index (χ4n) is 16.5. The number of halogens is 1. The summed E-state index contributed by atoms with van der Waals surface area (Å²) in [6, 6.07) is 12.1. The summed E-state index contributed by atoms with van der Waals surface area (Å²) in [6.45, 7) is 29.2. The summed E-state index contributed by atoms with van der Waals surface area (Å²) >= 11 is 9.48. The zero-order chi connectivity index (χ0) is 84.3. The number of rotatable bonds is 24. The van der Waals surface area contributed by atoms with E-state index in [1.807, 2.05) is 103 Å². The molecule has 0 bridgehead atoms. The van der Waals surface area contributed by atoms with Crippen molar-refractivity contribution in [1.82, 2.24) is 51.3 Å². The number of thiocarbonyl (C=S) groups is 1. The molecular weight excluding hydrogens is 1580 g/mol. The van der Waals surface area contributed by atoms with Crippen molar-refractivity contribution in [2.45, 2.75) is 289 Å². The smallest absolute Gasteiger partial charge is 0.408 e. The number of carbonyl (C=O) groups excluding carboxylic acids is 9. The number of likely N-dealkylation sites (tertiary alicyclic amines) is 2. The number of aromatic nitrogens is 3. The number of nitrogens with zero attached hydrogens (tertiary/aromatic N) is 5. The first kappa shape index (κ1) is 89.7. The lowest BCUT2D eigenvalue weighted by atomic mass is 9.85. The number of alkyl carbamates (subject to hydrolysis) is 2. The minimum absolute atomic E-state index is 0.0260. The fourth-order valence-corrected chi connectivity index (χ4v) is 17.7.